The highest BCUT2D eigenvalue weighted by molar-refractivity contribution is 5.49. The van der Waals surface area contributed by atoms with E-state index in [1.54, 1.807) is 6.20 Å². The molecule has 19 heavy (non-hydrogen) atoms. The maximum atomic E-state index is 5.67. The van der Waals surface area contributed by atoms with Crippen LogP contribution in [-0.2, 0) is 0 Å². The Morgan fingerprint density at radius 2 is 2.21 bits per heavy atom. The zero-order chi connectivity index (χ0) is 14.1. The first-order chi connectivity index (χ1) is 9.19. The highest BCUT2D eigenvalue weighted by Crippen LogP contribution is 2.20. The van der Waals surface area contributed by atoms with Crippen molar-refractivity contribution in [3.8, 4) is 5.75 Å². The van der Waals surface area contributed by atoms with Gasteiger partial charge in [-0.1, -0.05) is 13.8 Å². The van der Waals surface area contributed by atoms with E-state index in [4.69, 9.17) is 4.74 Å². The average Bonchev–Trinajstić information content (AvgIpc) is 2.45. The van der Waals surface area contributed by atoms with Crippen LogP contribution in [0.5, 0.6) is 5.75 Å². The van der Waals surface area contributed by atoms with Crippen LogP contribution >= 0.6 is 0 Å². The Hall–Kier alpha value is -1.29. The molecule has 0 aliphatic rings. The van der Waals surface area contributed by atoms with Gasteiger partial charge < -0.3 is 15.0 Å². The third-order valence-electron chi connectivity index (χ3n) is 3.33. The van der Waals surface area contributed by atoms with Crippen LogP contribution in [0.25, 0.3) is 0 Å². The lowest BCUT2D eigenvalue weighted by Gasteiger charge is -2.23. The van der Waals surface area contributed by atoms with Crippen LogP contribution in [0.2, 0.25) is 0 Å². The number of nitrogens with zero attached hydrogens (tertiary/aromatic N) is 2. The summed E-state index contributed by atoms with van der Waals surface area (Å²) in [5.74, 6) is 1.68. The molecular weight excluding hydrogens is 238 g/mol. The Balaban J connectivity index is 2.44. The van der Waals surface area contributed by atoms with Crippen molar-refractivity contribution in [1.82, 2.24) is 9.88 Å². The molecule has 0 aliphatic carbocycles. The zero-order valence-corrected chi connectivity index (χ0v) is 12.6. The van der Waals surface area contributed by atoms with Gasteiger partial charge in [0.15, 0.2) is 11.6 Å². The van der Waals surface area contributed by atoms with E-state index in [0.717, 1.165) is 37.7 Å². The van der Waals surface area contributed by atoms with E-state index in [-0.39, 0.29) is 0 Å². The van der Waals surface area contributed by atoms with E-state index < -0.39 is 0 Å². The molecule has 4 nitrogen and oxygen atoms in total. The number of pyridine rings is 1. The fraction of sp³-hybridized carbons (Fsp3) is 0.667. The van der Waals surface area contributed by atoms with Crippen molar-refractivity contribution in [2.75, 3.05) is 32.1 Å². The third-order valence-corrected chi connectivity index (χ3v) is 3.33. The van der Waals surface area contributed by atoms with Gasteiger partial charge in [-0.05, 0) is 38.9 Å². The molecule has 0 bridgehead atoms. The van der Waals surface area contributed by atoms with Crippen LogP contribution in [0.15, 0.2) is 18.3 Å². The van der Waals surface area contributed by atoms with Gasteiger partial charge in [0.25, 0.3) is 0 Å². The number of nitrogens with one attached hydrogen (secondary N) is 1. The second-order valence-corrected chi connectivity index (χ2v) is 4.86. The van der Waals surface area contributed by atoms with Crippen molar-refractivity contribution >= 4 is 5.82 Å². The topological polar surface area (TPSA) is 37.4 Å². The second-order valence-electron chi connectivity index (χ2n) is 4.86. The van der Waals surface area contributed by atoms with Crippen LogP contribution in [0, 0.1) is 0 Å². The summed E-state index contributed by atoms with van der Waals surface area (Å²) < 4.78 is 5.67. The summed E-state index contributed by atoms with van der Waals surface area (Å²) in [6.45, 7) is 9.16. The Labute approximate surface area is 117 Å². The molecule has 1 rings (SSSR count). The first-order valence-corrected chi connectivity index (χ1v) is 7.20. The van der Waals surface area contributed by atoms with Gasteiger partial charge in [0, 0.05) is 25.3 Å². The van der Waals surface area contributed by atoms with Gasteiger partial charge in [-0.2, -0.15) is 0 Å². The fourth-order valence-electron chi connectivity index (χ4n) is 1.73. The van der Waals surface area contributed by atoms with Gasteiger partial charge in [-0.15, -0.1) is 0 Å². The van der Waals surface area contributed by atoms with Crippen LogP contribution in [0.1, 0.15) is 33.6 Å². The second kappa shape index (κ2) is 8.75. The number of rotatable bonds is 9. The number of anilines is 1. The summed E-state index contributed by atoms with van der Waals surface area (Å²) in [7, 11) is 2.16. The van der Waals surface area contributed by atoms with E-state index in [2.05, 4.69) is 43.0 Å². The van der Waals surface area contributed by atoms with Crippen LogP contribution in [0.4, 0.5) is 5.82 Å². The molecule has 108 valence electrons. The third kappa shape index (κ3) is 5.47. The summed E-state index contributed by atoms with van der Waals surface area (Å²) in [5.41, 5.74) is 0. The van der Waals surface area contributed by atoms with E-state index in [1.807, 2.05) is 12.1 Å². The number of likely N-dealkylation sites (N-methyl/N-ethyl adjacent to an activating group) is 1. The highest BCUT2D eigenvalue weighted by Gasteiger charge is 2.07. The van der Waals surface area contributed by atoms with Crippen LogP contribution in [-0.4, -0.2) is 42.7 Å². The molecule has 0 radical (unpaired) electrons. The molecule has 0 fully saturated rings. The van der Waals surface area contributed by atoms with Crippen LogP contribution < -0.4 is 10.1 Å². The van der Waals surface area contributed by atoms with Gasteiger partial charge in [0.2, 0.25) is 0 Å². The summed E-state index contributed by atoms with van der Waals surface area (Å²) in [6, 6.07) is 4.48. The quantitative estimate of drug-likeness (QED) is 0.745. The zero-order valence-electron chi connectivity index (χ0n) is 12.6. The van der Waals surface area contributed by atoms with Crippen molar-refractivity contribution in [2.45, 2.75) is 39.7 Å². The highest BCUT2D eigenvalue weighted by atomic mass is 16.5. The number of ether oxygens (including phenoxy) is 1. The largest absolute Gasteiger partial charge is 0.490 e. The van der Waals surface area contributed by atoms with Crippen molar-refractivity contribution in [1.29, 1.82) is 0 Å². The molecule has 1 unspecified atom stereocenters. The Kier molecular flexibility index (Phi) is 7.26. The standard InChI is InChI=1S/C15H27N3O/c1-5-12-19-14-8-7-9-16-15(14)17-10-11-18(4)13(3)6-2/h7-9,13H,5-6,10-12H2,1-4H3,(H,16,17). The first kappa shape index (κ1) is 15.8. The van der Waals surface area contributed by atoms with Crippen molar-refractivity contribution < 1.29 is 4.74 Å². The smallest absolute Gasteiger partial charge is 0.168 e. The lowest BCUT2D eigenvalue weighted by molar-refractivity contribution is 0.261. The molecule has 1 aromatic heterocycles. The van der Waals surface area contributed by atoms with Crippen molar-refractivity contribution in [3.63, 3.8) is 0 Å². The maximum Gasteiger partial charge on any atom is 0.168 e. The minimum Gasteiger partial charge on any atom is -0.490 e. The number of aromatic nitrogens is 1. The minimum atomic E-state index is 0.612. The summed E-state index contributed by atoms with van der Waals surface area (Å²) >= 11 is 0. The van der Waals surface area contributed by atoms with Crippen molar-refractivity contribution in [3.05, 3.63) is 18.3 Å². The molecule has 0 aromatic carbocycles. The van der Waals surface area contributed by atoms with E-state index in [0.29, 0.717) is 6.04 Å². The van der Waals surface area contributed by atoms with Crippen LogP contribution in [0.3, 0.4) is 0 Å². The monoisotopic (exact) mass is 265 g/mol. The average molecular weight is 265 g/mol. The molecule has 0 saturated carbocycles. The van der Waals surface area contributed by atoms with Gasteiger partial charge in [0.05, 0.1) is 6.61 Å². The van der Waals surface area contributed by atoms with Gasteiger partial charge in [-0.3, -0.25) is 0 Å². The number of hydrogen-bond acceptors (Lipinski definition) is 4. The maximum absolute atomic E-state index is 5.67. The van der Waals surface area contributed by atoms with E-state index >= 15 is 0 Å². The Morgan fingerprint density at radius 3 is 2.89 bits per heavy atom. The predicted octanol–water partition coefficient (Wildman–Crippen LogP) is 3.01. The molecular formula is C15H27N3O. The fourth-order valence-corrected chi connectivity index (χ4v) is 1.73. The number of hydrogen-bond donors (Lipinski definition) is 1. The minimum absolute atomic E-state index is 0.612. The Morgan fingerprint density at radius 1 is 1.42 bits per heavy atom. The molecule has 0 spiro atoms. The molecule has 1 N–H and O–H groups in total. The Bertz CT molecular complexity index is 357. The summed E-state index contributed by atoms with van der Waals surface area (Å²) in [6.07, 6.45) is 3.97. The van der Waals surface area contributed by atoms with Gasteiger partial charge in [0.1, 0.15) is 0 Å². The van der Waals surface area contributed by atoms with E-state index in [1.165, 1.54) is 6.42 Å². The molecule has 4 heteroatoms. The molecule has 1 aromatic rings. The molecule has 0 aliphatic heterocycles. The normalized spacial score (nSPS) is 12.5. The van der Waals surface area contributed by atoms with Gasteiger partial charge >= 0.3 is 0 Å². The molecule has 1 atom stereocenters. The molecule has 0 saturated heterocycles. The first-order valence-electron chi connectivity index (χ1n) is 7.20. The predicted molar refractivity (Wildman–Crippen MR) is 80.9 cm³/mol. The molecule has 1 heterocycles. The summed E-state index contributed by atoms with van der Waals surface area (Å²) in [5, 5.41) is 3.35. The van der Waals surface area contributed by atoms with Gasteiger partial charge in [-0.25, -0.2) is 4.98 Å². The SMILES string of the molecule is CCCOc1cccnc1NCCN(C)C(C)CC. The summed E-state index contributed by atoms with van der Waals surface area (Å²) in [4.78, 5) is 6.69. The van der Waals surface area contributed by atoms with Crippen molar-refractivity contribution in [2.24, 2.45) is 0 Å². The lowest BCUT2D eigenvalue weighted by atomic mass is 10.2. The lowest BCUT2D eigenvalue weighted by Crippen LogP contribution is -2.32. The van der Waals surface area contributed by atoms with E-state index in [9.17, 15) is 0 Å². The molecule has 0 amide bonds.